The smallest absolute Gasteiger partial charge is 0.257 e. The van der Waals surface area contributed by atoms with Gasteiger partial charge in [-0.15, -0.1) is 0 Å². The molecule has 174 valence electrons. The molecule has 1 atom stereocenters. The molecule has 33 heavy (non-hydrogen) atoms. The summed E-state index contributed by atoms with van der Waals surface area (Å²) >= 11 is 3.64. The third-order valence-corrected chi connectivity index (χ3v) is 5.99. The fraction of sp³-hybridized carbons (Fsp3) is 0.296. The summed E-state index contributed by atoms with van der Waals surface area (Å²) in [5.74, 6) is 1.01. The van der Waals surface area contributed by atoms with Crippen LogP contribution in [-0.2, 0) is 17.8 Å². The number of halogens is 1. The molecule has 5 nitrogen and oxygen atoms in total. The minimum atomic E-state index is -0.160. The molecule has 0 bridgehead atoms. The van der Waals surface area contributed by atoms with Gasteiger partial charge in [0.1, 0.15) is 0 Å². The highest BCUT2D eigenvalue weighted by atomic mass is 79.9. The molecule has 0 unspecified atom stereocenters. The van der Waals surface area contributed by atoms with Gasteiger partial charge in [-0.25, -0.2) is 0 Å². The minimum Gasteiger partial charge on any atom is -0.490 e. The van der Waals surface area contributed by atoms with Crippen molar-refractivity contribution in [2.75, 3.05) is 19.8 Å². The third kappa shape index (κ3) is 7.91. The van der Waals surface area contributed by atoms with Gasteiger partial charge in [0.25, 0.3) is 5.91 Å². The molecular formula is C27H31BrN2O3. The Kier molecular flexibility index (Phi) is 9.78. The van der Waals surface area contributed by atoms with Crippen LogP contribution in [0.4, 0.5) is 0 Å². The van der Waals surface area contributed by atoms with Gasteiger partial charge in [-0.2, -0.15) is 0 Å². The first-order chi connectivity index (χ1) is 16.1. The molecule has 3 rings (SSSR count). The minimum absolute atomic E-state index is 0.0655. The fourth-order valence-corrected chi connectivity index (χ4v) is 3.86. The Balaban J connectivity index is 1.55. The molecule has 0 heterocycles. The van der Waals surface area contributed by atoms with E-state index in [2.05, 4.69) is 45.6 Å². The number of amides is 1. The lowest BCUT2D eigenvalue weighted by Crippen LogP contribution is -2.30. The molecule has 0 radical (unpaired) electrons. The van der Waals surface area contributed by atoms with E-state index < -0.39 is 0 Å². The molecule has 0 saturated carbocycles. The van der Waals surface area contributed by atoms with E-state index in [4.69, 9.17) is 9.47 Å². The monoisotopic (exact) mass is 510 g/mol. The first-order valence-electron chi connectivity index (χ1n) is 11.2. The number of carbonyl (C=O) groups is 1. The van der Waals surface area contributed by atoms with Crippen molar-refractivity contribution < 1.29 is 14.3 Å². The lowest BCUT2D eigenvalue weighted by Gasteiger charge is -2.18. The Morgan fingerprint density at radius 2 is 1.64 bits per heavy atom. The molecule has 0 aliphatic heterocycles. The van der Waals surface area contributed by atoms with Crippen molar-refractivity contribution in [2.24, 2.45) is 0 Å². The summed E-state index contributed by atoms with van der Waals surface area (Å²) in [5.41, 5.74) is 3.48. The van der Waals surface area contributed by atoms with Crippen LogP contribution in [0.5, 0.6) is 11.5 Å². The standard InChI is InChI=1S/C27H31BrN2O3/c1-3-32-25-16-23(18-30-20(2)22-12-8-5-9-13-22)24(28)17-26(25)33-19-27(31)29-15-14-21-10-6-4-7-11-21/h4-13,16-17,20,30H,3,14-15,18-19H2,1-2H3,(H,29,31)/t20-/m1/s1. The van der Waals surface area contributed by atoms with Crippen LogP contribution in [0.3, 0.4) is 0 Å². The van der Waals surface area contributed by atoms with E-state index in [0.29, 0.717) is 31.2 Å². The van der Waals surface area contributed by atoms with Crippen LogP contribution >= 0.6 is 15.9 Å². The second kappa shape index (κ2) is 13.0. The van der Waals surface area contributed by atoms with E-state index in [9.17, 15) is 4.79 Å². The Hall–Kier alpha value is -2.83. The maximum absolute atomic E-state index is 12.2. The van der Waals surface area contributed by atoms with Crippen LogP contribution in [0.2, 0.25) is 0 Å². The van der Waals surface area contributed by atoms with Crippen LogP contribution < -0.4 is 20.1 Å². The Bertz CT molecular complexity index is 1010. The zero-order chi connectivity index (χ0) is 23.5. The average Bonchev–Trinajstić information content (AvgIpc) is 2.84. The van der Waals surface area contributed by atoms with Crippen LogP contribution in [0.1, 0.15) is 36.6 Å². The number of hydrogen-bond acceptors (Lipinski definition) is 4. The van der Waals surface area contributed by atoms with Gasteiger partial charge in [-0.05, 0) is 49.1 Å². The van der Waals surface area contributed by atoms with Crippen molar-refractivity contribution in [3.05, 3.63) is 94.0 Å². The zero-order valence-electron chi connectivity index (χ0n) is 19.1. The lowest BCUT2D eigenvalue weighted by atomic mass is 10.1. The lowest BCUT2D eigenvalue weighted by molar-refractivity contribution is -0.123. The van der Waals surface area contributed by atoms with Gasteiger partial charge in [0.15, 0.2) is 18.1 Å². The molecule has 3 aromatic rings. The molecule has 0 aliphatic rings. The van der Waals surface area contributed by atoms with E-state index in [1.165, 1.54) is 11.1 Å². The Labute approximate surface area is 204 Å². The van der Waals surface area contributed by atoms with Gasteiger partial charge < -0.3 is 20.1 Å². The number of benzene rings is 3. The summed E-state index contributed by atoms with van der Waals surface area (Å²) < 4.78 is 12.5. The van der Waals surface area contributed by atoms with Crippen molar-refractivity contribution in [2.45, 2.75) is 32.9 Å². The molecule has 0 fully saturated rings. The molecule has 0 aliphatic carbocycles. The second-order valence-electron chi connectivity index (χ2n) is 7.71. The molecule has 1 amide bonds. The number of hydrogen-bond donors (Lipinski definition) is 2. The van der Waals surface area contributed by atoms with E-state index in [1.54, 1.807) is 0 Å². The van der Waals surface area contributed by atoms with Crippen LogP contribution in [0.15, 0.2) is 77.3 Å². The first-order valence-corrected chi connectivity index (χ1v) is 12.0. The summed E-state index contributed by atoms with van der Waals surface area (Å²) in [6.45, 7) is 5.74. The number of rotatable bonds is 12. The van der Waals surface area contributed by atoms with Crippen molar-refractivity contribution in [1.82, 2.24) is 10.6 Å². The van der Waals surface area contributed by atoms with Gasteiger partial charge in [0.2, 0.25) is 0 Å². The van der Waals surface area contributed by atoms with Gasteiger partial charge in [0.05, 0.1) is 6.61 Å². The number of carbonyl (C=O) groups excluding carboxylic acids is 1. The van der Waals surface area contributed by atoms with Crippen LogP contribution in [0.25, 0.3) is 0 Å². The predicted molar refractivity (Wildman–Crippen MR) is 136 cm³/mol. The first kappa shape index (κ1) is 24.8. The largest absolute Gasteiger partial charge is 0.490 e. The molecule has 6 heteroatoms. The van der Waals surface area contributed by atoms with Crippen LogP contribution in [0, 0.1) is 0 Å². The van der Waals surface area contributed by atoms with Gasteiger partial charge in [-0.3, -0.25) is 4.79 Å². The Morgan fingerprint density at radius 3 is 2.33 bits per heavy atom. The molecule has 3 aromatic carbocycles. The van der Waals surface area contributed by atoms with E-state index in [0.717, 1.165) is 16.5 Å². The number of ether oxygens (including phenoxy) is 2. The molecular weight excluding hydrogens is 480 g/mol. The number of nitrogens with one attached hydrogen (secondary N) is 2. The average molecular weight is 511 g/mol. The maximum Gasteiger partial charge on any atom is 0.257 e. The summed E-state index contributed by atoms with van der Waals surface area (Å²) in [4.78, 5) is 12.2. The SMILES string of the molecule is CCOc1cc(CN[C@H](C)c2ccccc2)c(Br)cc1OCC(=O)NCCc1ccccc1. The van der Waals surface area contributed by atoms with Gasteiger partial charge in [0, 0.05) is 23.6 Å². The molecule has 2 N–H and O–H groups in total. The van der Waals surface area contributed by atoms with E-state index in [-0.39, 0.29) is 18.6 Å². The third-order valence-electron chi connectivity index (χ3n) is 5.25. The summed E-state index contributed by atoms with van der Waals surface area (Å²) in [7, 11) is 0. The summed E-state index contributed by atoms with van der Waals surface area (Å²) in [6.07, 6.45) is 0.783. The Morgan fingerprint density at radius 1 is 0.970 bits per heavy atom. The normalized spacial score (nSPS) is 11.6. The fourth-order valence-electron chi connectivity index (χ4n) is 3.40. The highest BCUT2D eigenvalue weighted by molar-refractivity contribution is 9.10. The molecule has 0 aromatic heterocycles. The highest BCUT2D eigenvalue weighted by Crippen LogP contribution is 2.34. The summed E-state index contributed by atoms with van der Waals surface area (Å²) in [5, 5.41) is 6.44. The zero-order valence-corrected chi connectivity index (χ0v) is 20.7. The van der Waals surface area contributed by atoms with Crippen molar-refractivity contribution in [3.8, 4) is 11.5 Å². The van der Waals surface area contributed by atoms with Crippen LogP contribution in [-0.4, -0.2) is 25.7 Å². The van der Waals surface area contributed by atoms with E-state index >= 15 is 0 Å². The predicted octanol–water partition coefficient (Wildman–Crippen LogP) is 5.44. The van der Waals surface area contributed by atoms with Crippen molar-refractivity contribution in [3.63, 3.8) is 0 Å². The van der Waals surface area contributed by atoms with Crippen molar-refractivity contribution in [1.29, 1.82) is 0 Å². The van der Waals surface area contributed by atoms with Gasteiger partial charge in [-0.1, -0.05) is 76.6 Å². The second-order valence-corrected chi connectivity index (χ2v) is 8.57. The van der Waals surface area contributed by atoms with Crippen molar-refractivity contribution >= 4 is 21.8 Å². The molecule has 0 spiro atoms. The highest BCUT2D eigenvalue weighted by Gasteiger charge is 2.14. The quantitative estimate of drug-likeness (QED) is 0.340. The van der Waals surface area contributed by atoms with Gasteiger partial charge >= 0.3 is 0 Å². The summed E-state index contributed by atoms with van der Waals surface area (Å²) in [6, 6.07) is 24.4. The topological polar surface area (TPSA) is 59.6 Å². The maximum atomic E-state index is 12.2. The van der Waals surface area contributed by atoms with E-state index in [1.807, 2.05) is 67.6 Å². The molecule has 0 saturated heterocycles.